The molecule has 0 bridgehead atoms. The van der Waals surface area contributed by atoms with E-state index in [2.05, 4.69) is 4.74 Å². The molecule has 0 aromatic heterocycles. The van der Waals surface area contributed by atoms with Crippen LogP contribution in [0.1, 0.15) is 26.7 Å². The molecule has 1 aromatic carbocycles. The van der Waals surface area contributed by atoms with Crippen molar-refractivity contribution in [3.05, 3.63) is 29.8 Å². The zero-order chi connectivity index (χ0) is 13.3. The highest BCUT2D eigenvalue weighted by Gasteiger charge is 1.98. The average molecular weight is 157 g/mol. The minimum absolute atomic E-state index is 0.0715. The van der Waals surface area contributed by atoms with Gasteiger partial charge in [-0.1, -0.05) is 12.1 Å². The van der Waals surface area contributed by atoms with Crippen LogP contribution in [0.15, 0.2) is 24.3 Å². The molecule has 1 rings (SSSR count). The maximum Gasteiger partial charge on any atom is 0.119 e. The third kappa shape index (κ3) is 1.95. The number of nitrogens with two attached hydrogens (primary N) is 1. The van der Waals surface area contributed by atoms with E-state index in [4.69, 9.17) is 14.0 Å². The lowest BCUT2D eigenvalue weighted by Crippen LogP contribution is -2.04. The van der Waals surface area contributed by atoms with Crippen LogP contribution in [0.2, 0.25) is 0 Å². The van der Waals surface area contributed by atoms with Gasteiger partial charge in [-0.2, -0.15) is 0 Å². The van der Waals surface area contributed by atoms with E-state index in [1.165, 1.54) is 24.3 Å². The summed E-state index contributed by atoms with van der Waals surface area (Å²) in [7, 11) is -2.57. The van der Waals surface area contributed by atoms with Crippen molar-refractivity contribution >= 4 is 0 Å². The van der Waals surface area contributed by atoms with Gasteiger partial charge in [0.15, 0.2) is 0 Å². The van der Waals surface area contributed by atoms with Gasteiger partial charge in [0.05, 0.1) is 11.2 Å². The molecule has 0 heterocycles. The van der Waals surface area contributed by atoms with Crippen molar-refractivity contribution in [1.82, 2.24) is 0 Å². The lowest BCUT2D eigenvalue weighted by Gasteiger charge is -2.06. The third-order valence-electron chi connectivity index (χ3n) is 1.34. The van der Waals surface area contributed by atoms with Crippen molar-refractivity contribution in [1.29, 1.82) is 0 Å². The summed E-state index contributed by atoms with van der Waals surface area (Å²) in [6, 6.07) is 4.61. The van der Waals surface area contributed by atoms with Crippen molar-refractivity contribution in [3.63, 3.8) is 0 Å². The highest BCUT2D eigenvalue weighted by atomic mass is 16.5. The molecule has 11 heavy (non-hydrogen) atoms. The molecule has 2 heteroatoms. The smallest absolute Gasteiger partial charge is 0.119 e. The quantitative estimate of drug-likeness (QED) is 0.709. The molecule has 1 atom stereocenters. The van der Waals surface area contributed by atoms with Gasteiger partial charge in [0, 0.05) is 10.2 Å². The second-order valence-electron chi connectivity index (χ2n) is 2.15. The lowest BCUT2D eigenvalue weighted by atomic mass is 10.1. The van der Waals surface area contributed by atoms with Crippen LogP contribution in [0.25, 0.3) is 0 Å². The number of rotatable bonds is 2. The standard InChI is InChI=1S/C9H13NO/c1-7(10)8-4-3-5-9(6-8)11-2/h3-7H,10H2,1-2H3/i1D3,2D3. The third-order valence-corrected chi connectivity index (χ3v) is 1.34. The van der Waals surface area contributed by atoms with Gasteiger partial charge in [0.1, 0.15) is 5.75 Å². The first kappa shape index (κ1) is 3.15. The highest BCUT2D eigenvalue weighted by Crippen LogP contribution is 2.16. The van der Waals surface area contributed by atoms with Crippen molar-refractivity contribution < 1.29 is 13.0 Å². The summed E-state index contributed by atoms with van der Waals surface area (Å²) in [6.45, 7) is -2.33. The fourth-order valence-electron chi connectivity index (χ4n) is 0.771. The number of benzene rings is 1. The minimum atomic E-state index is -2.57. The Morgan fingerprint density at radius 1 is 1.64 bits per heavy atom. The van der Waals surface area contributed by atoms with E-state index in [0.29, 0.717) is 5.56 Å². The maximum atomic E-state index is 7.18. The number of hydrogen-bond donors (Lipinski definition) is 1. The Kier molecular flexibility index (Phi) is 0.972. The van der Waals surface area contributed by atoms with Gasteiger partial charge in [-0.3, -0.25) is 0 Å². The van der Waals surface area contributed by atoms with E-state index < -0.39 is 19.9 Å². The van der Waals surface area contributed by atoms with Crippen molar-refractivity contribution in [3.8, 4) is 5.75 Å². The normalized spacial score (nSPS) is 23.0. The Labute approximate surface area is 75.4 Å². The molecular formula is C9H13NO. The van der Waals surface area contributed by atoms with Crippen LogP contribution < -0.4 is 10.5 Å². The molecule has 0 amide bonds. The largest absolute Gasteiger partial charge is 0.497 e. The molecule has 2 nitrogen and oxygen atoms in total. The van der Waals surface area contributed by atoms with Crippen LogP contribution in [0.4, 0.5) is 0 Å². The van der Waals surface area contributed by atoms with Crippen LogP contribution in [0, 0.1) is 0 Å². The zero-order valence-electron chi connectivity index (χ0n) is 11.9. The number of ether oxygens (including phenoxy) is 1. The van der Waals surface area contributed by atoms with Crippen molar-refractivity contribution in [2.45, 2.75) is 12.9 Å². The van der Waals surface area contributed by atoms with E-state index >= 15 is 0 Å². The van der Waals surface area contributed by atoms with Gasteiger partial charge in [0.25, 0.3) is 0 Å². The second kappa shape index (κ2) is 3.39. The Morgan fingerprint density at radius 3 is 3.27 bits per heavy atom. The number of hydrogen-bond acceptors (Lipinski definition) is 2. The first-order chi connectivity index (χ1) is 7.59. The van der Waals surface area contributed by atoms with E-state index in [9.17, 15) is 0 Å². The van der Waals surface area contributed by atoms with Crippen LogP contribution in [-0.4, -0.2) is 7.04 Å². The molecule has 0 fully saturated rings. The van der Waals surface area contributed by atoms with Gasteiger partial charge in [-0.05, 0) is 24.5 Å². The molecule has 60 valence electrons. The maximum absolute atomic E-state index is 7.18. The Hall–Kier alpha value is -1.02. The molecule has 0 aliphatic rings. The van der Waals surface area contributed by atoms with Gasteiger partial charge < -0.3 is 10.5 Å². The van der Waals surface area contributed by atoms with Gasteiger partial charge in [0.2, 0.25) is 0 Å². The minimum Gasteiger partial charge on any atom is -0.497 e. The van der Waals surface area contributed by atoms with Crippen LogP contribution in [0.3, 0.4) is 0 Å². The van der Waals surface area contributed by atoms with Gasteiger partial charge in [-0.15, -0.1) is 0 Å². The first-order valence-electron chi connectivity index (χ1n) is 6.14. The molecule has 0 radical (unpaired) electrons. The van der Waals surface area contributed by atoms with E-state index in [0.717, 1.165) is 0 Å². The van der Waals surface area contributed by atoms with Crippen LogP contribution in [-0.2, 0) is 0 Å². The summed E-state index contributed by atoms with van der Waals surface area (Å²) in [5, 5.41) is 0. The Balaban J connectivity index is 2.94. The molecule has 0 saturated carbocycles. The van der Waals surface area contributed by atoms with E-state index in [-0.39, 0.29) is 5.75 Å². The topological polar surface area (TPSA) is 35.2 Å². The predicted octanol–water partition coefficient (Wildman–Crippen LogP) is 1.71. The highest BCUT2D eigenvalue weighted by molar-refractivity contribution is 5.29. The first-order valence-corrected chi connectivity index (χ1v) is 3.14. The SMILES string of the molecule is [2H]C([2H])([2H])Oc1cccc(C(N)C([2H])([2H])[2H])c1. The monoisotopic (exact) mass is 157 g/mol. The molecule has 0 aliphatic heterocycles. The lowest BCUT2D eigenvalue weighted by molar-refractivity contribution is 0.414. The summed E-state index contributed by atoms with van der Waals surface area (Å²) < 4.78 is 47.0. The van der Waals surface area contributed by atoms with Crippen LogP contribution in [0.5, 0.6) is 5.75 Å². The fraction of sp³-hybridized carbons (Fsp3) is 0.333. The van der Waals surface area contributed by atoms with Gasteiger partial charge >= 0.3 is 0 Å². The fourth-order valence-corrected chi connectivity index (χ4v) is 0.771. The summed E-state index contributed by atoms with van der Waals surface area (Å²) >= 11 is 0. The summed E-state index contributed by atoms with van der Waals surface area (Å²) in [5.41, 5.74) is 5.86. The number of methoxy groups -OCH3 is 1. The molecule has 0 aliphatic carbocycles. The predicted molar refractivity (Wildman–Crippen MR) is 45.6 cm³/mol. The summed E-state index contributed by atoms with van der Waals surface area (Å²) in [6.07, 6.45) is 0. The van der Waals surface area contributed by atoms with Gasteiger partial charge in [-0.25, -0.2) is 0 Å². The van der Waals surface area contributed by atoms with E-state index in [1.54, 1.807) is 0 Å². The van der Waals surface area contributed by atoms with Crippen LogP contribution >= 0.6 is 0 Å². The second-order valence-corrected chi connectivity index (χ2v) is 2.15. The zero-order valence-corrected chi connectivity index (χ0v) is 5.87. The van der Waals surface area contributed by atoms with Crippen molar-refractivity contribution in [2.24, 2.45) is 5.73 Å². The molecule has 2 N–H and O–H groups in total. The molecule has 0 spiro atoms. The summed E-state index contributed by atoms with van der Waals surface area (Å²) in [5.74, 6) is 0.0715. The molecule has 1 aromatic rings. The molecule has 0 saturated heterocycles. The summed E-state index contributed by atoms with van der Waals surface area (Å²) in [4.78, 5) is 0. The molecule has 1 unspecified atom stereocenters. The Bertz CT molecular complexity index is 386. The van der Waals surface area contributed by atoms with E-state index in [1.807, 2.05) is 0 Å². The Morgan fingerprint density at radius 2 is 2.55 bits per heavy atom. The average Bonchev–Trinajstić information content (AvgIpc) is 2.12. The van der Waals surface area contributed by atoms with Crippen molar-refractivity contribution in [2.75, 3.05) is 7.04 Å². The molecular weight excluding hydrogens is 138 g/mol.